The van der Waals surface area contributed by atoms with Crippen molar-refractivity contribution in [3.8, 4) is 11.3 Å². The Morgan fingerprint density at radius 1 is 1.08 bits per heavy atom. The lowest BCUT2D eigenvalue weighted by molar-refractivity contribution is 0.0963. The molecule has 1 amide bonds. The fraction of sp³-hybridized carbons (Fsp3) is 0.211. The van der Waals surface area contributed by atoms with Crippen molar-refractivity contribution in [1.82, 2.24) is 25.4 Å². The maximum absolute atomic E-state index is 11.6. The molecule has 0 aliphatic carbocycles. The van der Waals surface area contributed by atoms with Crippen LogP contribution in [-0.2, 0) is 20.1 Å². The van der Waals surface area contributed by atoms with Gasteiger partial charge in [-0.1, -0.05) is 12.1 Å². The van der Waals surface area contributed by atoms with Gasteiger partial charge in [-0.25, -0.2) is 0 Å². The fourth-order valence-electron chi connectivity index (χ4n) is 2.68. The summed E-state index contributed by atoms with van der Waals surface area (Å²) in [6, 6.07) is 11.5. The average molecular weight is 335 g/mol. The van der Waals surface area contributed by atoms with Crippen LogP contribution in [0, 0.1) is 0 Å². The van der Waals surface area contributed by atoms with Gasteiger partial charge in [0, 0.05) is 62.5 Å². The molecule has 0 atom stereocenters. The summed E-state index contributed by atoms with van der Waals surface area (Å²) < 4.78 is 1.82. The molecule has 0 bridgehead atoms. The molecule has 3 rings (SSSR count). The molecule has 1 aromatic carbocycles. The number of pyridine rings is 1. The normalized spacial score (nSPS) is 10.6. The number of hydrogen-bond acceptors (Lipinski definition) is 4. The molecule has 0 saturated carbocycles. The van der Waals surface area contributed by atoms with E-state index >= 15 is 0 Å². The second kappa shape index (κ2) is 7.72. The Morgan fingerprint density at radius 3 is 2.48 bits per heavy atom. The number of carbonyl (C=O) groups excluding carboxylic acids is 1. The van der Waals surface area contributed by atoms with Crippen molar-refractivity contribution in [2.45, 2.75) is 13.1 Å². The van der Waals surface area contributed by atoms with Crippen LogP contribution in [0.5, 0.6) is 0 Å². The highest BCUT2D eigenvalue weighted by Gasteiger charge is 2.09. The second-order valence-corrected chi connectivity index (χ2v) is 5.79. The molecule has 25 heavy (non-hydrogen) atoms. The van der Waals surface area contributed by atoms with Crippen LogP contribution in [0.3, 0.4) is 0 Å². The van der Waals surface area contributed by atoms with Crippen molar-refractivity contribution in [2.75, 3.05) is 7.05 Å². The summed E-state index contributed by atoms with van der Waals surface area (Å²) in [7, 11) is 3.55. The van der Waals surface area contributed by atoms with Crippen LogP contribution < -0.4 is 10.6 Å². The minimum absolute atomic E-state index is 0.0724. The molecule has 0 aliphatic heterocycles. The Kier molecular flexibility index (Phi) is 5.20. The molecule has 0 saturated heterocycles. The smallest absolute Gasteiger partial charge is 0.251 e. The third-order valence-electron chi connectivity index (χ3n) is 3.95. The first kappa shape index (κ1) is 16.9. The van der Waals surface area contributed by atoms with E-state index in [1.54, 1.807) is 19.4 Å². The highest BCUT2D eigenvalue weighted by atomic mass is 16.1. The topological polar surface area (TPSA) is 71.8 Å². The molecule has 0 radical (unpaired) electrons. The van der Waals surface area contributed by atoms with E-state index in [1.807, 2.05) is 54.3 Å². The summed E-state index contributed by atoms with van der Waals surface area (Å²) in [5.41, 5.74) is 4.95. The Bertz CT molecular complexity index is 840. The van der Waals surface area contributed by atoms with E-state index < -0.39 is 0 Å². The number of aromatic nitrogens is 3. The summed E-state index contributed by atoms with van der Waals surface area (Å²) in [6.07, 6.45) is 5.57. The van der Waals surface area contributed by atoms with E-state index in [4.69, 9.17) is 0 Å². The Balaban J connectivity index is 1.64. The minimum atomic E-state index is -0.0724. The van der Waals surface area contributed by atoms with Gasteiger partial charge in [-0.15, -0.1) is 0 Å². The first-order chi connectivity index (χ1) is 12.2. The highest BCUT2D eigenvalue weighted by molar-refractivity contribution is 5.93. The van der Waals surface area contributed by atoms with Crippen LogP contribution in [0.15, 0.2) is 55.0 Å². The number of hydrogen-bond donors (Lipinski definition) is 2. The van der Waals surface area contributed by atoms with Crippen LogP contribution in [0.1, 0.15) is 21.5 Å². The van der Waals surface area contributed by atoms with Crippen molar-refractivity contribution in [2.24, 2.45) is 7.05 Å². The molecule has 128 valence electrons. The lowest BCUT2D eigenvalue weighted by Crippen LogP contribution is -2.18. The molecular weight excluding hydrogens is 314 g/mol. The molecule has 6 heteroatoms. The van der Waals surface area contributed by atoms with E-state index in [0.717, 1.165) is 28.9 Å². The van der Waals surface area contributed by atoms with Gasteiger partial charge < -0.3 is 10.6 Å². The van der Waals surface area contributed by atoms with E-state index in [0.29, 0.717) is 12.1 Å². The minimum Gasteiger partial charge on any atom is -0.355 e. The van der Waals surface area contributed by atoms with Crippen LogP contribution in [0.2, 0.25) is 0 Å². The van der Waals surface area contributed by atoms with Crippen LogP contribution in [-0.4, -0.2) is 27.7 Å². The second-order valence-electron chi connectivity index (χ2n) is 5.79. The number of carbonyl (C=O) groups is 1. The van der Waals surface area contributed by atoms with E-state index in [9.17, 15) is 4.79 Å². The summed E-state index contributed by atoms with van der Waals surface area (Å²) >= 11 is 0. The first-order valence-electron chi connectivity index (χ1n) is 8.12. The predicted octanol–water partition coefficient (Wildman–Crippen LogP) is 2.13. The van der Waals surface area contributed by atoms with E-state index in [2.05, 4.69) is 20.7 Å². The van der Waals surface area contributed by atoms with Crippen LogP contribution >= 0.6 is 0 Å². The summed E-state index contributed by atoms with van der Waals surface area (Å²) in [4.78, 5) is 15.6. The molecule has 2 aromatic heterocycles. The van der Waals surface area contributed by atoms with Crippen LogP contribution in [0.25, 0.3) is 11.3 Å². The standard InChI is InChI=1S/C19H21N5O/c1-20-19(25)16-5-3-14(4-6-16)11-22-12-17-13-24(2)23-18(17)15-7-9-21-10-8-15/h3-10,13,22H,11-12H2,1-2H3,(H,20,25). The van der Waals surface area contributed by atoms with Gasteiger partial charge in [0.05, 0.1) is 5.69 Å². The van der Waals surface area contributed by atoms with Crippen molar-refractivity contribution in [1.29, 1.82) is 0 Å². The highest BCUT2D eigenvalue weighted by Crippen LogP contribution is 2.21. The summed E-state index contributed by atoms with van der Waals surface area (Å²) in [5.74, 6) is -0.0724. The summed E-state index contributed by atoms with van der Waals surface area (Å²) in [6.45, 7) is 1.43. The molecule has 0 spiro atoms. The Hall–Kier alpha value is -2.99. The Labute approximate surface area is 146 Å². The number of amides is 1. The maximum atomic E-state index is 11.6. The van der Waals surface area contributed by atoms with Crippen molar-refractivity contribution in [3.63, 3.8) is 0 Å². The van der Waals surface area contributed by atoms with Gasteiger partial charge in [0.2, 0.25) is 0 Å². The summed E-state index contributed by atoms with van der Waals surface area (Å²) in [5, 5.41) is 10.6. The fourth-order valence-corrected chi connectivity index (χ4v) is 2.68. The van der Waals surface area contributed by atoms with Gasteiger partial charge in [-0.05, 0) is 29.8 Å². The van der Waals surface area contributed by atoms with E-state index in [-0.39, 0.29) is 5.91 Å². The lowest BCUT2D eigenvalue weighted by atomic mass is 10.1. The Morgan fingerprint density at radius 2 is 1.80 bits per heavy atom. The maximum Gasteiger partial charge on any atom is 0.251 e. The largest absolute Gasteiger partial charge is 0.355 e. The van der Waals surface area contributed by atoms with Crippen molar-refractivity contribution in [3.05, 3.63) is 71.7 Å². The number of nitrogens with one attached hydrogen (secondary N) is 2. The zero-order valence-corrected chi connectivity index (χ0v) is 14.4. The molecule has 6 nitrogen and oxygen atoms in total. The first-order valence-corrected chi connectivity index (χ1v) is 8.12. The molecule has 0 aliphatic rings. The van der Waals surface area contributed by atoms with Gasteiger partial charge in [0.25, 0.3) is 5.91 Å². The number of benzene rings is 1. The zero-order valence-electron chi connectivity index (χ0n) is 14.4. The van der Waals surface area contributed by atoms with E-state index in [1.165, 1.54) is 0 Å². The van der Waals surface area contributed by atoms with Gasteiger partial charge in [-0.2, -0.15) is 5.10 Å². The molecule has 0 fully saturated rings. The quantitative estimate of drug-likeness (QED) is 0.724. The predicted molar refractivity (Wildman–Crippen MR) is 96.8 cm³/mol. The molecule has 2 N–H and O–H groups in total. The van der Waals surface area contributed by atoms with Gasteiger partial charge in [-0.3, -0.25) is 14.5 Å². The van der Waals surface area contributed by atoms with Gasteiger partial charge >= 0.3 is 0 Å². The number of aryl methyl sites for hydroxylation is 1. The molecule has 2 heterocycles. The monoisotopic (exact) mass is 335 g/mol. The average Bonchev–Trinajstić information content (AvgIpc) is 3.03. The van der Waals surface area contributed by atoms with Crippen molar-refractivity contribution >= 4 is 5.91 Å². The third kappa shape index (κ3) is 4.10. The SMILES string of the molecule is CNC(=O)c1ccc(CNCc2cn(C)nc2-c2ccncc2)cc1. The van der Waals surface area contributed by atoms with Gasteiger partial charge in [0.1, 0.15) is 0 Å². The molecule has 0 unspecified atom stereocenters. The number of nitrogens with zero attached hydrogens (tertiary/aromatic N) is 3. The van der Waals surface area contributed by atoms with Crippen LogP contribution in [0.4, 0.5) is 0 Å². The number of rotatable bonds is 6. The third-order valence-corrected chi connectivity index (χ3v) is 3.95. The van der Waals surface area contributed by atoms with Crippen molar-refractivity contribution < 1.29 is 4.79 Å². The lowest BCUT2D eigenvalue weighted by Gasteiger charge is -2.06. The molecular formula is C19H21N5O. The van der Waals surface area contributed by atoms with Gasteiger partial charge in [0.15, 0.2) is 0 Å². The molecule has 3 aromatic rings. The zero-order chi connectivity index (χ0) is 17.6.